The van der Waals surface area contributed by atoms with Gasteiger partial charge in [-0.25, -0.2) is 0 Å². The fourth-order valence-electron chi connectivity index (χ4n) is 4.28. The van der Waals surface area contributed by atoms with E-state index >= 15 is 0 Å². The highest BCUT2D eigenvalue weighted by Gasteiger charge is 1.95. The molecule has 0 aromatic heterocycles. The lowest BCUT2D eigenvalue weighted by Crippen LogP contribution is -1.97. The molecule has 2 heteroatoms. The van der Waals surface area contributed by atoms with Crippen molar-refractivity contribution in [1.82, 2.24) is 0 Å². The molecule has 0 atom stereocenters. The molecule has 0 aromatic carbocycles. The molecule has 0 aliphatic rings. The average Bonchev–Trinajstić information content (AvgIpc) is 3.02. The molecule has 0 spiro atoms. The van der Waals surface area contributed by atoms with E-state index in [-0.39, 0.29) is 5.97 Å². The molecule has 0 N–H and O–H groups in total. The molecule has 0 rings (SSSR count). The van der Waals surface area contributed by atoms with Gasteiger partial charge in [-0.15, -0.1) is 0 Å². The molecular formula is C41H64O2. The van der Waals surface area contributed by atoms with Gasteiger partial charge >= 0.3 is 5.97 Å². The third kappa shape index (κ3) is 37.1. The molecule has 2 nitrogen and oxygen atoms in total. The predicted molar refractivity (Wildman–Crippen MR) is 192 cm³/mol. The van der Waals surface area contributed by atoms with Gasteiger partial charge in [-0.2, -0.15) is 0 Å². The van der Waals surface area contributed by atoms with Crippen LogP contribution in [0.15, 0.2) is 109 Å². The highest BCUT2D eigenvalue weighted by atomic mass is 16.5. The van der Waals surface area contributed by atoms with Gasteiger partial charge < -0.3 is 4.74 Å². The van der Waals surface area contributed by atoms with Gasteiger partial charge in [0.25, 0.3) is 0 Å². The van der Waals surface area contributed by atoms with E-state index in [1.54, 1.807) is 0 Å². The van der Waals surface area contributed by atoms with E-state index in [0.717, 1.165) is 57.8 Å². The lowest BCUT2D eigenvalue weighted by atomic mass is 10.1. The van der Waals surface area contributed by atoms with E-state index in [2.05, 4.69) is 115 Å². The molecular weight excluding hydrogens is 524 g/mol. The Labute approximate surface area is 266 Å². The van der Waals surface area contributed by atoms with Gasteiger partial charge in [-0.3, -0.25) is 4.79 Å². The summed E-state index contributed by atoms with van der Waals surface area (Å²) >= 11 is 0. The number of hydrogen-bond acceptors (Lipinski definition) is 2. The maximum Gasteiger partial charge on any atom is 0.305 e. The van der Waals surface area contributed by atoms with E-state index in [1.165, 1.54) is 71.3 Å². The Hall–Kier alpha value is -2.87. The summed E-state index contributed by atoms with van der Waals surface area (Å²) in [5, 5.41) is 0. The van der Waals surface area contributed by atoms with Gasteiger partial charge in [-0.1, -0.05) is 168 Å². The normalized spacial score (nSPS) is 13.1. The third-order valence-electron chi connectivity index (χ3n) is 6.89. The van der Waals surface area contributed by atoms with Crippen LogP contribution in [0.4, 0.5) is 0 Å². The van der Waals surface area contributed by atoms with E-state index < -0.39 is 0 Å². The highest BCUT2D eigenvalue weighted by Crippen LogP contribution is 2.10. The molecule has 0 amide bonds. The smallest absolute Gasteiger partial charge is 0.305 e. The van der Waals surface area contributed by atoms with Crippen molar-refractivity contribution >= 4 is 5.97 Å². The molecule has 240 valence electrons. The first-order valence-corrected chi connectivity index (χ1v) is 17.2. The molecule has 0 aliphatic heterocycles. The second-order valence-electron chi connectivity index (χ2n) is 10.9. The summed E-state index contributed by atoms with van der Waals surface area (Å²) in [5.41, 5.74) is 0. The molecule has 43 heavy (non-hydrogen) atoms. The molecule has 0 unspecified atom stereocenters. The molecule has 0 saturated carbocycles. The summed E-state index contributed by atoms with van der Waals surface area (Å²) in [6.07, 6.45) is 63.0. The van der Waals surface area contributed by atoms with Crippen LogP contribution in [-0.2, 0) is 9.53 Å². The first-order valence-electron chi connectivity index (χ1n) is 17.2. The number of rotatable bonds is 29. The fourth-order valence-corrected chi connectivity index (χ4v) is 4.28. The van der Waals surface area contributed by atoms with E-state index in [1.807, 2.05) is 6.08 Å². The fraction of sp³-hybridized carbons (Fsp3) is 0.537. The maximum absolute atomic E-state index is 11.0. The number of methoxy groups -OCH3 is 1. The Morgan fingerprint density at radius 1 is 0.395 bits per heavy atom. The van der Waals surface area contributed by atoms with Crippen molar-refractivity contribution in [3.63, 3.8) is 0 Å². The zero-order chi connectivity index (χ0) is 31.2. The molecule has 0 bridgehead atoms. The first kappa shape index (κ1) is 40.1. The van der Waals surface area contributed by atoms with Crippen LogP contribution in [0.5, 0.6) is 0 Å². The highest BCUT2D eigenvalue weighted by molar-refractivity contribution is 5.69. The monoisotopic (exact) mass is 588 g/mol. The van der Waals surface area contributed by atoms with Crippen molar-refractivity contribution in [2.75, 3.05) is 7.11 Å². The standard InChI is InChI=1S/C41H64O2/c1-3-4-5-6-7-8-9-10-11-12-13-14-15-16-17-18-19-20-21-22-23-24-25-26-27-28-29-30-31-32-33-34-35-36-37-38-39-40-41(42)43-2/h13-14,16-17,19-20,22-23,25-26,28-29,31-32,34-35,37-38H,3-12,15,18,21,24,27,30,33,36,39-40H2,1-2H3/b14-13-,17-16-,20-19-,23-22-,26-25-,29-28-,32-31-,35-34-,38-37-. The molecule has 0 aliphatic carbocycles. The van der Waals surface area contributed by atoms with E-state index in [9.17, 15) is 4.79 Å². The zero-order valence-corrected chi connectivity index (χ0v) is 27.9. The summed E-state index contributed by atoms with van der Waals surface area (Å²) in [6, 6.07) is 0. The number of ether oxygens (including phenoxy) is 1. The number of carbonyl (C=O) groups excluding carboxylic acids is 1. The van der Waals surface area contributed by atoms with Crippen LogP contribution in [0.25, 0.3) is 0 Å². The lowest BCUT2D eigenvalue weighted by Gasteiger charge is -2.00. The second kappa shape index (κ2) is 37.2. The Balaban J connectivity index is 3.54. The second-order valence-corrected chi connectivity index (χ2v) is 10.9. The summed E-state index contributed by atoms with van der Waals surface area (Å²) in [5.74, 6) is -0.154. The molecule has 0 fully saturated rings. The van der Waals surface area contributed by atoms with Gasteiger partial charge in [0.05, 0.1) is 7.11 Å². The van der Waals surface area contributed by atoms with Crippen LogP contribution >= 0.6 is 0 Å². The zero-order valence-electron chi connectivity index (χ0n) is 27.9. The van der Waals surface area contributed by atoms with Crippen LogP contribution in [0, 0.1) is 0 Å². The van der Waals surface area contributed by atoms with Crippen LogP contribution in [-0.4, -0.2) is 13.1 Å². The van der Waals surface area contributed by atoms with Crippen LogP contribution < -0.4 is 0 Å². The molecule has 0 saturated heterocycles. The summed E-state index contributed by atoms with van der Waals surface area (Å²) < 4.78 is 4.62. The van der Waals surface area contributed by atoms with Gasteiger partial charge in [0.1, 0.15) is 0 Å². The first-order chi connectivity index (χ1) is 21.3. The van der Waals surface area contributed by atoms with Crippen molar-refractivity contribution in [2.24, 2.45) is 0 Å². The van der Waals surface area contributed by atoms with E-state index in [0.29, 0.717) is 6.42 Å². The average molecular weight is 589 g/mol. The Morgan fingerprint density at radius 2 is 0.674 bits per heavy atom. The van der Waals surface area contributed by atoms with Gasteiger partial charge in [0.2, 0.25) is 0 Å². The maximum atomic E-state index is 11.0. The SMILES string of the molecule is CCCCCCCCCCC/C=C\C/C=C\C/C=C\C/C=C\C/C=C\C/C=C\C/C=C\C/C=C\C/C=C\CCC(=O)OC. The number of hydrogen-bond donors (Lipinski definition) is 0. The van der Waals surface area contributed by atoms with Crippen molar-refractivity contribution in [1.29, 1.82) is 0 Å². The van der Waals surface area contributed by atoms with Crippen molar-refractivity contribution < 1.29 is 9.53 Å². The minimum atomic E-state index is -0.154. The number of unbranched alkanes of at least 4 members (excludes halogenated alkanes) is 9. The molecule has 0 heterocycles. The minimum Gasteiger partial charge on any atom is -0.469 e. The van der Waals surface area contributed by atoms with Gasteiger partial charge in [-0.05, 0) is 70.6 Å². The predicted octanol–water partition coefficient (Wildman–Crippen LogP) is 13.0. The topological polar surface area (TPSA) is 26.3 Å². The van der Waals surface area contributed by atoms with Crippen molar-refractivity contribution in [2.45, 2.75) is 135 Å². The third-order valence-corrected chi connectivity index (χ3v) is 6.89. The number of allylic oxidation sites excluding steroid dienone is 18. The van der Waals surface area contributed by atoms with Gasteiger partial charge in [0.15, 0.2) is 0 Å². The van der Waals surface area contributed by atoms with E-state index in [4.69, 9.17) is 0 Å². The lowest BCUT2D eigenvalue weighted by molar-refractivity contribution is -0.140. The summed E-state index contributed by atoms with van der Waals surface area (Å²) in [4.78, 5) is 11.0. The number of carbonyl (C=O) groups is 1. The largest absolute Gasteiger partial charge is 0.469 e. The molecule has 0 aromatic rings. The number of esters is 1. The summed E-state index contributed by atoms with van der Waals surface area (Å²) in [6.45, 7) is 2.28. The Morgan fingerprint density at radius 3 is 1.00 bits per heavy atom. The quantitative estimate of drug-likeness (QED) is 0.0493. The van der Waals surface area contributed by atoms with Crippen molar-refractivity contribution in [3.8, 4) is 0 Å². The van der Waals surface area contributed by atoms with Crippen LogP contribution in [0.3, 0.4) is 0 Å². The van der Waals surface area contributed by atoms with Crippen LogP contribution in [0.1, 0.15) is 135 Å². The van der Waals surface area contributed by atoms with Crippen LogP contribution in [0.2, 0.25) is 0 Å². The summed E-state index contributed by atoms with van der Waals surface area (Å²) in [7, 11) is 1.42. The Kier molecular flexibility index (Phi) is 34.7. The van der Waals surface area contributed by atoms with Crippen molar-refractivity contribution in [3.05, 3.63) is 109 Å². The minimum absolute atomic E-state index is 0.154. The van der Waals surface area contributed by atoms with Gasteiger partial charge in [0, 0.05) is 6.42 Å². The molecule has 0 radical (unpaired) electrons. The Bertz CT molecular complexity index is 860.